The lowest BCUT2D eigenvalue weighted by atomic mass is 9.73. The Hall–Kier alpha value is -1.77. The van der Waals surface area contributed by atoms with E-state index in [4.69, 9.17) is 0 Å². The summed E-state index contributed by atoms with van der Waals surface area (Å²) in [5.41, 5.74) is 4.07. The smallest absolute Gasteiger partial charge is 0.115 e. The van der Waals surface area contributed by atoms with Crippen LogP contribution in [0.3, 0.4) is 0 Å². The summed E-state index contributed by atoms with van der Waals surface area (Å²) in [7, 11) is 4.30. The fourth-order valence-electron chi connectivity index (χ4n) is 3.87. The van der Waals surface area contributed by atoms with Crippen molar-refractivity contribution in [1.29, 1.82) is 0 Å². The van der Waals surface area contributed by atoms with Gasteiger partial charge in [0.2, 0.25) is 0 Å². The molecule has 2 unspecified atom stereocenters. The molecule has 0 bridgehead atoms. The van der Waals surface area contributed by atoms with E-state index >= 15 is 0 Å². The number of nitrogens with zero attached hydrogens (tertiary/aromatic N) is 1. The number of hydrogen-bond acceptors (Lipinski definition) is 2. The molecule has 0 spiro atoms. The van der Waals surface area contributed by atoms with Gasteiger partial charge in [0.1, 0.15) is 5.75 Å². The Balaban J connectivity index is 0.00000225. The van der Waals surface area contributed by atoms with Crippen molar-refractivity contribution >= 4 is 18.5 Å². The van der Waals surface area contributed by atoms with Crippen molar-refractivity contribution in [2.24, 2.45) is 5.92 Å². The molecule has 0 heterocycles. The van der Waals surface area contributed by atoms with Crippen molar-refractivity contribution in [1.82, 2.24) is 4.90 Å². The number of halogens is 1. The fraction of sp³-hybridized carbons (Fsp3) is 0.364. The quantitative estimate of drug-likeness (QED) is 0.798. The van der Waals surface area contributed by atoms with E-state index in [9.17, 15) is 5.11 Å². The Labute approximate surface area is 157 Å². The van der Waals surface area contributed by atoms with E-state index in [1.165, 1.54) is 29.5 Å². The first-order valence-corrected chi connectivity index (χ1v) is 8.80. The first kappa shape index (κ1) is 19.6. The SMILES string of the molecule is CN(C)CC1CC/C(=C\c2ccccc2)CC1c1cccc(O)c1.Cl. The lowest BCUT2D eigenvalue weighted by Crippen LogP contribution is -2.29. The second kappa shape index (κ2) is 9.07. The maximum absolute atomic E-state index is 9.89. The van der Waals surface area contributed by atoms with Crippen molar-refractivity contribution in [2.75, 3.05) is 20.6 Å². The van der Waals surface area contributed by atoms with Crippen LogP contribution in [0.1, 0.15) is 36.3 Å². The Bertz CT molecular complexity index is 696. The largest absolute Gasteiger partial charge is 0.508 e. The number of benzene rings is 2. The molecule has 1 saturated carbocycles. The molecule has 3 heteroatoms. The van der Waals surface area contributed by atoms with E-state index in [1.807, 2.05) is 12.1 Å². The second-order valence-electron chi connectivity index (χ2n) is 7.18. The van der Waals surface area contributed by atoms with E-state index in [0.29, 0.717) is 17.6 Å². The molecule has 0 radical (unpaired) electrons. The molecule has 2 nitrogen and oxygen atoms in total. The van der Waals surface area contributed by atoms with Crippen LogP contribution in [0.2, 0.25) is 0 Å². The number of allylic oxidation sites excluding steroid dienone is 1. The van der Waals surface area contributed by atoms with Gasteiger partial charge in [0.25, 0.3) is 0 Å². The zero-order valence-corrected chi connectivity index (χ0v) is 15.9. The van der Waals surface area contributed by atoms with Gasteiger partial charge in [-0.1, -0.05) is 54.1 Å². The van der Waals surface area contributed by atoms with Gasteiger partial charge >= 0.3 is 0 Å². The Morgan fingerprint density at radius 1 is 1.08 bits per heavy atom. The van der Waals surface area contributed by atoms with Crippen molar-refractivity contribution in [3.05, 3.63) is 71.3 Å². The standard InChI is InChI=1S/C22H27NO.ClH/c1-23(2)16-20-12-11-18(13-17-7-4-3-5-8-17)14-22(20)19-9-6-10-21(24)15-19;/h3-10,13,15,20,22,24H,11-12,14,16H2,1-2H3;1H/b18-13+;. The predicted octanol–water partition coefficient (Wildman–Crippen LogP) is 5.34. The van der Waals surface area contributed by atoms with Gasteiger partial charge in [-0.05, 0) is 68.5 Å². The van der Waals surface area contributed by atoms with Gasteiger partial charge in [-0.15, -0.1) is 12.4 Å². The first-order valence-electron chi connectivity index (χ1n) is 8.80. The molecule has 0 amide bonds. The lowest BCUT2D eigenvalue weighted by molar-refractivity contribution is 0.256. The third-order valence-corrected chi connectivity index (χ3v) is 4.96. The van der Waals surface area contributed by atoms with Crippen LogP contribution in [0, 0.1) is 5.92 Å². The summed E-state index contributed by atoms with van der Waals surface area (Å²) in [6, 6.07) is 18.4. The van der Waals surface area contributed by atoms with Crippen molar-refractivity contribution in [3.63, 3.8) is 0 Å². The number of rotatable bonds is 4. The summed E-state index contributed by atoms with van der Waals surface area (Å²) < 4.78 is 0. The minimum atomic E-state index is 0. The molecule has 0 aliphatic heterocycles. The van der Waals surface area contributed by atoms with E-state index in [0.717, 1.165) is 13.0 Å². The van der Waals surface area contributed by atoms with Crippen LogP contribution < -0.4 is 0 Å². The van der Waals surface area contributed by atoms with Crippen LogP contribution in [0.15, 0.2) is 60.2 Å². The van der Waals surface area contributed by atoms with Crippen molar-refractivity contribution < 1.29 is 5.11 Å². The van der Waals surface area contributed by atoms with E-state index in [1.54, 1.807) is 6.07 Å². The summed E-state index contributed by atoms with van der Waals surface area (Å²) in [5.74, 6) is 1.48. The second-order valence-corrected chi connectivity index (χ2v) is 7.18. The fourth-order valence-corrected chi connectivity index (χ4v) is 3.87. The maximum atomic E-state index is 9.89. The van der Waals surface area contributed by atoms with E-state index in [2.05, 4.69) is 61.5 Å². The van der Waals surface area contributed by atoms with Gasteiger partial charge in [-0.3, -0.25) is 0 Å². The Morgan fingerprint density at radius 3 is 2.52 bits per heavy atom. The van der Waals surface area contributed by atoms with Crippen LogP contribution in [0.25, 0.3) is 6.08 Å². The lowest BCUT2D eigenvalue weighted by Gasteiger charge is -2.35. The Kier molecular flexibility index (Phi) is 7.10. The minimum absolute atomic E-state index is 0. The molecule has 1 fully saturated rings. The van der Waals surface area contributed by atoms with Crippen LogP contribution >= 0.6 is 12.4 Å². The van der Waals surface area contributed by atoms with Gasteiger partial charge in [-0.2, -0.15) is 0 Å². The van der Waals surface area contributed by atoms with Gasteiger partial charge in [0, 0.05) is 6.54 Å². The van der Waals surface area contributed by atoms with E-state index in [-0.39, 0.29) is 12.4 Å². The number of hydrogen-bond donors (Lipinski definition) is 1. The molecule has 25 heavy (non-hydrogen) atoms. The highest BCUT2D eigenvalue weighted by molar-refractivity contribution is 5.85. The van der Waals surface area contributed by atoms with E-state index < -0.39 is 0 Å². The summed E-state index contributed by atoms with van der Waals surface area (Å²) >= 11 is 0. The molecule has 2 aromatic carbocycles. The first-order chi connectivity index (χ1) is 11.6. The highest BCUT2D eigenvalue weighted by Gasteiger charge is 2.29. The molecule has 2 aromatic rings. The average molecular weight is 358 g/mol. The number of phenolic OH excluding ortho intramolecular Hbond substituents is 1. The highest BCUT2D eigenvalue weighted by atomic mass is 35.5. The third kappa shape index (κ3) is 5.35. The molecule has 1 aliphatic carbocycles. The summed E-state index contributed by atoms with van der Waals surface area (Å²) in [4.78, 5) is 2.28. The van der Waals surface area contributed by atoms with Crippen LogP contribution in [-0.4, -0.2) is 30.6 Å². The molecule has 1 aliphatic rings. The van der Waals surface area contributed by atoms with Gasteiger partial charge in [-0.25, -0.2) is 0 Å². The summed E-state index contributed by atoms with van der Waals surface area (Å²) in [6.45, 7) is 1.10. The highest BCUT2D eigenvalue weighted by Crippen LogP contribution is 2.41. The van der Waals surface area contributed by atoms with Crippen LogP contribution in [-0.2, 0) is 0 Å². The predicted molar refractivity (Wildman–Crippen MR) is 108 cm³/mol. The molecule has 2 atom stereocenters. The monoisotopic (exact) mass is 357 g/mol. The van der Waals surface area contributed by atoms with Gasteiger partial charge < -0.3 is 10.0 Å². The molecule has 134 valence electrons. The summed E-state index contributed by atoms with van der Waals surface area (Å²) in [6.07, 6.45) is 5.80. The summed E-state index contributed by atoms with van der Waals surface area (Å²) in [5, 5.41) is 9.89. The van der Waals surface area contributed by atoms with Crippen LogP contribution in [0.5, 0.6) is 5.75 Å². The average Bonchev–Trinajstić information content (AvgIpc) is 2.57. The van der Waals surface area contributed by atoms with Crippen molar-refractivity contribution in [2.45, 2.75) is 25.2 Å². The number of phenols is 1. The zero-order valence-electron chi connectivity index (χ0n) is 15.1. The molecule has 1 N–H and O–H groups in total. The maximum Gasteiger partial charge on any atom is 0.115 e. The molecule has 0 saturated heterocycles. The van der Waals surface area contributed by atoms with Crippen molar-refractivity contribution in [3.8, 4) is 5.75 Å². The Morgan fingerprint density at radius 2 is 1.84 bits per heavy atom. The third-order valence-electron chi connectivity index (χ3n) is 4.96. The molecular formula is C22H28ClNO. The van der Waals surface area contributed by atoms with Gasteiger partial charge in [0.05, 0.1) is 0 Å². The molecule has 0 aromatic heterocycles. The van der Waals surface area contributed by atoms with Crippen LogP contribution in [0.4, 0.5) is 0 Å². The number of aromatic hydroxyl groups is 1. The van der Waals surface area contributed by atoms with Gasteiger partial charge in [0.15, 0.2) is 0 Å². The zero-order chi connectivity index (χ0) is 16.9. The molecular weight excluding hydrogens is 330 g/mol. The molecule has 3 rings (SSSR count). The normalized spacial score (nSPS) is 22.0. The minimum Gasteiger partial charge on any atom is -0.508 e. The topological polar surface area (TPSA) is 23.5 Å².